The van der Waals surface area contributed by atoms with E-state index >= 15 is 0 Å². The second-order valence-electron chi connectivity index (χ2n) is 4.82. The van der Waals surface area contributed by atoms with E-state index in [2.05, 4.69) is 15.0 Å². The molecule has 1 aromatic heterocycles. The molecular formula is C14H19N3O2S2. The van der Waals surface area contributed by atoms with Gasteiger partial charge in [-0.25, -0.2) is 18.1 Å². The second-order valence-corrected chi connectivity index (χ2v) is 7.87. The standard InChI is InChI=1S/C14H19N3O2S2/c1-10-4-5-12(8-15-3)6-13(10)21(18,19)17-9-14-16-7-11(2)20-14/h4-7,15,17H,8-9H2,1-3H3. The third-order valence-corrected chi connectivity index (χ3v) is 5.46. The van der Waals surface area contributed by atoms with Gasteiger partial charge in [0, 0.05) is 17.6 Å². The first-order valence-electron chi connectivity index (χ1n) is 6.57. The topological polar surface area (TPSA) is 71.1 Å². The molecule has 5 nitrogen and oxygen atoms in total. The van der Waals surface area contributed by atoms with E-state index < -0.39 is 10.0 Å². The minimum absolute atomic E-state index is 0.219. The minimum Gasteiger partial charge on any atom is -0.316 e. The number of nitrogens with one attached hydrogen (secondary N) is 2. The van der Waals surface area contributed by atoms with Gasteiger partial charge in [-0.2, -0.15) is 0 Å². The van der Waals surface area contributed by atoms with E-state index in [0.717, 1.165) is 21.0 Å². The fourth-order valence-electron chi connectivity index (χ4n) is 1.97. The average molecular weight is 325 g/mol. The maximum absolute atomic E-state index is 12.4. The quantitative estimate of drug-likeness (QED) is 0.852. The van der Waals surface area contributed by atoms with Crippen molar-refractivity contribution in [1.82, 2.24) is 15.0 Å². The number of rotatable bonds is 6. The molecule has 1 aromatic carbocycles. The minimum atomic E-state index is -3.53. The molecule has 0 saturated carbocycles. The molecule has 0 amide bonds. The monoisotopic (exact) mass is 325 g/mol. The Kier molecular flexibility index (Phi) is 5.10. The normalized spacial score (nSPS) is 11.8. The van der Waals surface area contributed by atoms with Gasteiger partial charge in [-0.05, 0) is 38.1 Å². The highest BCUT2D eigenvalue weighted by Gasteiger charge is 2.17. The van der Waals surface area contributed by atoms with Gasteiger partial charge in [-0.3, -0.25) is 0 Å². The van der Waals surface area contributed by atoms with Crippen molar-refractivity contribution in [2.24, 2.45) is 0 Å². The van der Waals surface area contributed by atoms with Crippen LogP contribution in [0.15, 0.2) is 29.3 Å². The van der Waals surface area contributed by atoms with Gasteiger partial charge >= 0.3 is 0 Å². The third-order valence-electron chi connectivity index (χ3n) is 3.01. The lowest BCUT2D eigenvalue weighted by Gasteiger charge is -2.10. The lowest BCUT2D eigenvalue weighted by atomic mass is 10.1. The Hall–Kier alpha value is -1.28. The van der Waals surface area contributed by atoms with Crippen LogP contribution in [0, 0.1) is 13.8 Å². The van der Waals surface area contributed by atoms with Crippen LogP contribution in [0.2, 0.25) is 0 Å². The second kappa shape index (κ2) is 6.65. The highest BCUT2D eigenvalue weighted by atomic mass is 32.2. The number of hydrogen-bond donors (Lipinski definition) is 2. The van der Waals surface area contributed by atoms with Crippen LogP contribution in [0.5, 0.6) is 0 Å². The summed E-state index contributed by atoms with van der Waals surface area (Å²) in [5, 5.41) is 3.78. The van der Waals surface area contributed by atoms with E-state index in [4.69, 9.17) is 0 Å². The van der Waals surface area contributed by atoms with E-state index in [-0.39, 0.29) is 6.54 Å². The Labute approximate surface area is 129 Å². The first kappa shape index (κ1) is 16.1. The molecule has 2 rings (SSSR count). The molecule has 0 radical (unpaired) electrons. The van der Waals surface area contributed by atoms with Gasteiger partial charge in [0.05, 0.1) is 11.4 Å². The van der Waals surface area contributed by atoms with Gasteiger partial charge in [-0.1, -0.05) is 12.1 Å². The Morgan fingerprint density at radius 1 is 1.24 bits per heavy atom. The van der Waals surface area contributed by atoms with Crippen molar-refractivity contribution in [3.05, 3.63) is 45.4 Å². The number of sulfonamides is 1. The summed E-state index contributed by atoms with van der Waals surface area (Å²) < 4.78 is 27.5. The van der Waals surface area contributed by atoms with Crippen molar-refractivity contribution in [2.45, 2.75) is 31.8 Å². The first-order valence-corrected chi connectivity index (χ1v) is 8.87. The van der Waals surface area contributed by atoms with Crippen molar-refractivity contribution in [1.29, 1.82) is 0 Å². The van der Waals surface area contributed by atoms with E-state index in [1.807, 2.05) is 26.1 Å². The summed E-state index contributed by atoms with van der Waals surface area (Å²) in [6, 6.07) is 5.46. The Morgan fingerprint density at radius 3 is 2.62 bits per heavy atom. The van der Waals surface area contributed by atoms with E-state index in [9.17, 15) is 8.42 Å². The summed E-state index contributed by atoms with van der Waals surface area (Å²) >= 11 is 1.49. The average Bonchev–Trinajstić information content (AvgIpc) is 2.85. The van der Waals surface area contributed by atoms with Crippen LogP contribution < -0.4 is 10.0 Å². The Bertz CT molecular complexity index is 724. The molecule has 1 heterocycles. The van der Waals surface area contributed by atoms with E-state index in [1.54, 1.807) is 19.2 Å². The molecule has 0 atom stereocenters. The summed E-state index contributed by atoms with van der Waals surface area (Å²) in [6.07, 6.45) is 1.74. The maximum Gasteiger partial charge on any atom is 0.241 e. The molecule has 0 saturated heterocycles. The number of aryl methyl sites for hydroxylation is 2. The largest absolute Gasteiger partial charge is 0.316 e. The van der Waals surface area contributed by atoms with Gasteiger partial charge in [-0.15, -0.1) is 11.3 Å². The van der Waals surface area contributed by atoms with Crippen LogP contribution in [-0.2, 0) is 23.1 Å². The van der Waals surface area contributed by atoms with Gasteiger partial charge in [0.2, 0.25) is 10.0 Å². The highest BCUT2D eigenvalue weighted by molar-refractivity contribution is 7.89. The van der Waals surface area contributed by atoms with Crippen LogP contribution in [0.25, 0.3) is 0 Å². The van der Waals surface area contributed by atoms with Crippen molar-refractivity contribution < 1.29 is 8.42 Å². The number of aromatic nitrogens is 1. The zero-order valence-electron chi connectivity index (χ0n) is 12.3. The molecule has 0 fully saturated rings. The Morgan fingerprint density at radius 2 is 2.00 bits per heavy atom. The molecule has 0 aliphatic heterocycles. The fraction of sp³-hybridized carbons (Fsp3) is 0.357. The van der Waals surface area contributed by atoms with Crippen LogP contribution in [-0.4, -0.2) is 20.4 Å². The lowest BCUT2D eigenvalue weighted by Crippen LogP contribution is -2.24. The van der Waals surface area contributed by atoms with Crippen LogP contribution in [0.1, 0.15) is 21.0 Å². The molecule has 2 aromatic rings. The van der Waals surface area contributed by atoms with Gasteiger partial charge in [0.15, 0.2) is 0 Å². The predicted octanol–water partition coefficient (Wildman–Crippen LogP) is 1.96. The van der Waals surface area contributed by atoms with Crippen molar-refractivity contribution in [3.8, 4) is 0 Å². The zero-order chi connectivity index (χ0) is 15.5. The van der Waals surface area contributed by atoms with Gasteiger partial charge in [0.25, 0.3) is 0 Å². The van der Waals surface area contributed by atoms with Crippen molar-refractivity contribution >= 4 is 21.4 Å². The summed E-state index contributed by atoms with van der Waals surface area (Å²) in [7, 11) is -1.70. The summed E-state index contributed by atoms with van der Waals surface area (Å²) in [6.45, 7) is 4.59. The van der Waals surface area contributed by atoms with Crippen molar-refractivity contribution in [3.63, 3.8) is 0 Å². The molecule has 21 heavy (non-hydrogen) atoms. The molecule has 114 valence electrons. The van der Waals surface area contributed by atoms with Crippen LogP contribution in [0.4, 0.5) is 0 Å². The number of hydrogen-bond acceptors (Lipinski definition) is 5. The van der Waals surface area contributed by atoms with Crippen LogP contribution >= 0.6 is 11.3 Å². The number of nitrogens with zero attached hydrogens (tertiary/aromatic N) is 1. The SMILES string of the molecule is CNCc1ccc(C)c(S(=O)(=O)NCc2ncc(C)s2)c1. The highest BCUT2D eigenvalue weighted by Crippen LogP contribution is 2.18. The smallest absolute Gasteiger partial charge is 0.241 e. The summed E-state index contributed by atoms with van der Waals surface area (Å²) in [5.74, 6) is 0. The molecule has 2 N–H and O–H groups in total. The zero-order valence-corrected chi connectivity index (χ0v) is 13.9. The molecule has 0 unspecified atom stereocenters. The molecule has 0 aliphatic rings. The third kappa shape index (κ3) is 4.10. The number of benzene rings is 1. The van der Waals surface area contributed by atoms with Gasteiger partial charge < -0.3 is 5.32 Å². The molecule has 7 heteroatoms. The molecule has 0 bridgehead atoms. The molecule has 0 spiro atoms. The number of thiazole rings is 1. The summed E-state index contributed by atoms with van der Waals surface area (Å²) in [4.78, 5) is 5.55. The summed E-state index contributed by atoms with van der Waals surface area (Å²) in [5.41, 5.74) is 1.67. The molecule has 0 aliphatic carbocycles. The lowest BCUT2D eigenvalue weighted by molar-refractivity contribution is 0.580. The first-order chi connectivity index (χ1) is 9.92. The van der Waals surface area contributed by atoms with Crippen LogP contribution in [0.3, 0.4) is 0 Å². The van der Waals surface area contributed by atoms with E-state index in [0.29, 0.717) is 11.4 Å². The van der Waals surface area contributed by atoms with Gasteiger partial charge in [0.1, 0.15) is 5.01 Å². The molecular weight excluding hydrogens is 306 g/mol. The van der Waals surface area contributed by atoms with Crippen molar-refractivity contribution in [2.75, 3.05) is 7.05 Å². The maximum atomic E-state index is 12.4. The Balaban J connectivity index is 2.20. The predicted molar refractivity (Wildman–Crippen MR) is 84.8 cm³/mol. The fourth-order valence-corrected chi connectivity index (χ4v) is 4.06. The van der Waals surface area contributed by atoms with E-state index in [1.165, 1.54) is 11.3 Å².